The number of anilines is 1. The van der Waals surface area contributed by atoms with E-state index in [9.17, 15) is 4.79 Å². The van der Waals surface area contributed by atoms with Gasteiger partial charge in [-0.05, 0) is 37.1 Å². The average Bonchev–Trinajstić information content (AvgIpc) is 2.12. The van der Waals surface area contributed by atoms with Crippen molar-refractivity contribution in [3.63, 3.8) is 0 Å². The maximum atomic E-state index is 11.5. The third-order valence-electron chi connectivity index (χ3n) is 2.07. The molecule has 0 saturated carbocycles. The zero-order valence-corrected chi connectivity index (χ0v) is 8.74. The smallest absolute Gasteiger partial charge is 0.280 e. The van der Waals surface area contributed by atoms with Crippen molar-refractivity contribution < 1.29 is 4.79 Å². The summed E-state index contributed by atoms with van der Waals surface area (Å²) in [6.45, 7) is 3.66. The predicted molar refractivity (Wildman–Crippen MR) is 60.5 cm³/mol. The van der Waals surface area contributed by atoms with Crippen LogP contribution in [0.3, 0.4) is 0 Å². The largest absolute Gasteiger partial charge is 0.398 e. The van der Waals surface area contributed by atoms with Crippen LogP contribution in [0.4, 0.5) is 5.69 Å². The van der Waals surface area contributed by atoms with Crippen LogP contribution in [0.2, 0.25) is 0 Å². The Balaban J connectivity index is 3.18. The van der Waals surface area contributed by atoms with E-state index in [0.29, 0.717) is 11.3 Å². The number of nitrogen functional groups attached to an aromatic ring is 1. The molecule has 0 unspecified atom stereocenters. The van der Waals surface area contributed by atoms with Crippen LogP contribution in [0.5, 0.6) is 0 Å². The molecule has 6 N–H and O–H groups in total. The van der Waals surface area contributed by atoms with Crippen LogP contribution in [0, 0.1) is 13.8 Å². The third-order valence-corrected chi connectivity index (χ3v) is 2.07. The van der Waals surface area contributed by atoms with Gasteiger partial charge in [0.2, 0.25) is 0 Å². The number of guanidine groups is 1. The summed E-state index contributed by atoms with van der Waals surface area (Å²) in [5.41, 5.74) is 18.8. The second kappa shape index (κ2) is 4.00. The Bertz CT molecular complexity index is 410. The van der Waals surface area contributed by atoms with Gasteiger partial charge in [-0.25, -0.2) is 0 Å². The molecule has 80 valence electrons. The van der Waals surface area contributed by atoms with E-state index >= 15 is 0 Å². The Morgan fingerprint density at radius 3 is 2.07 bits per heavy atom. The summed E-state index contributed by atoms with van der Waals surface area (Å²) in [7, 11) is 0. The molecular formula is C10H14N4O. The number of hydrogen-bond acceptors (Lipinski definition) is 2. The Morgan fingerprint density at radius 2 is 1.67 bits per heavy atom. The summed E-state index contributed by atoms with van der Waals surface area (Å²) < 4.78 is 0. The standard InChI is InChI=1S/C10H14N4O/c1-5-3-7(4-6(2)8(5)11)9(15)14-10(12)13/h3-4H,11H2,1-2H3,(H4,12,13,14,15). The maximum Gasteiger partial charge on any atom is 0.280 e. The number of hydrogen-bond donors (Lipinski definition) is 3. The van der Waals surface area contributed by atoms with Crippen LogP contribution in [0.15, 0.2) is 17.1 Å². The van der Waals surface area contributed by atoms with Crippen molar-refractivity contribution >= 4 is 17.6 Å². The molecule has 0 fully saturated rings. The zero-order chi connectivity index (χ0) is 11.6. The van der Waals surface area contributed by atoms with Gasteiger partial charge in [-0.3, -0.25) is 4.79 Å². The molecule has 1 rings (SSSR count). The number of rotatable bonds is 1. The van der Waals surface area contributed by atoms with Gasteiger partial charge in [0.05, 0.1) is 0 Å². The fraction of sp³-hybridized carbons (Fsp3) is 0.200. The van der Waals surface area contributed by atoms with Crippen LogP contribution >= 0.6 is 0 Å². The number of amides is 1. The molecule has 0 spiro atoms. The van der Waals surface area contributed by atoms with Crippen LogP contribution in [-0.4, -0.2) is 11.9 Å². The van der Waals surface area contributed by atoms with Crippen molar-refractivity contribution in [2.45, 2.75) is 13.8 Å². The number of benzene rings is 1. The van der Waals surface area contributed by atoms with Crippen LogP contribution in [-0.2, 0) is 0 Å². The van der Waals surface area contributed by atoms with Gasteiger partial charge in [0, 0.05) is 11.3 Å². The van der Waals surface area contributed by atoms with Gasteiger partial charge in [-0.1, -0.05) is 0 Å². The first-order valence-electron chi connectivity index (χ1n) is 4.42. The van der Waals surface area contributed by atoms with Gasteiger partial charge in [0.15, 0.2) is 5.96 Å². The van der Waals surface area contributed by atoms with Crippen LogP contribution in [0.1, 0.15) is 21.5 Å². The molecule has 0 bridgehead atoms. The first-order valence-corrected chi connectivity index (χ1v) is 4.42. The van der Waals surface area contributed by atoms with Crippen LogP contribution in [0.25, 0.3) is 0 Å². The van der Waals surface area contributed by atoms with E-state index in [1.807, 2.05) is 13.8 Å². The van der Waals surface area contributed by atoms with Crippen molar-refractivity contribution in [2.24, 2.45) is 16.5 Å². The lowest BCUT2D eigenvalue weighted by atomic mass is 10.0. The lowest BCUT2D eigenvalue weighted by Crippen LogP contribution is -2.24. The van der Waals surface area contributed by atoms with Gasteiger partial charge in [-0.2, -0.15) is 4.99 Å². The molecule has 5 heteroatoms. The fourth-order valence-electron chi connectivity index (χ4n) is 1.28. The summed E-state index contributed by atoms with van der Waals surface area (Å²) in [6.07, 6.45) is 0. The normalized spacial score (nSPS) is 9.73. The van der Waals surface area contributed by atoms with E-state index in [1.54, 1.807) is 12.1 Å². The van der Waals surface area contributed by atoms with E-state index in [0.717, 1.165) is 11.1 Å². The highest BCUT2D eigenvalue weighted by Crippen LogP contribution is 2.18. The Morgan fingerprint density at radius 1 is 1.20 bits per heavy atom. The number of aliphatic imine (C=N–C) groups is 1. The SMILES string of the molecule is Cc1cc(C(=O)N=C(N)N)cc(C)c1N. The minimum Gasteiger partial charge on any atom is -0.398 e. The maximum absolute atomic E-state index is 11.5. The average molecular weight is 206 g/mol. The van der Waals surface area contributed by atoms with Gasteiger partial charge < -0.3 is 17.2 Å². The lowest BCUT2D eigenvalue weighted by molar-refractivity contribution is 0.100. The number of aryl methyl sites for hydroxylation is 2. The minimum absolute atomic E-state index is 0.243. The molecule has 0 aliphatic heterocycles. The molecule has 0 aliphatic carbocycles. The molecular weight excluding hydrogens is 192 g/mol. The Labute approximate surface area is 88.0 Å². The van der Waals surface area contributed by atoms with Crippen LogP contribution < -0.4 is 17.2 Å². The molecule has 5 nitrogen and oxygen atoms in total. The lowest BCUT2D eigenvalue weighted by Gasteiger charge is -2.06. The molecule has 0 saturated heterocycles. The Kier molecular flexibility index (Phi) is 2.94. The quantitative estimate of drug-likeness (QED) is 0.349. The number of nitrogens with zero attached hydrogens (tertiary/aromatic N) is 1. The Hall–Kier alpha value is -2.04. The fourth-order valence-corrected chi connectivity index (χ4v) is 1.28. The van der Waals surface area contributed by atoms with Crippen molar-refractivity contribution in [1.82, 2.24) is 0 Å². The molecule has 1 aromatic rings. The molecule has 0 aliphatic rings. The second-order valence-corrected chi connectivity index (χ2v) is 3.37. The van der Waals surface area contributed by atoms with Crippen molar-refractivity contribution in [1.29, 1.82) is 0 Å². The van der Waals surface area contributed by atoms with E-state index in [2.05, 4.69) is 4.99 Å². The van der Waals surface area contributed by atoms with Gasteiger partial charge in [0.1, 0.15) is 0 Å². The topological polar surface area (TPSA) is 107 Å². The molecule has 0 atom stereocenters. The van der Waals surface area contributed by atoms with Gasteiger partial charge >= 0.3 is 0 Å². The van der Waals surface area contributed by atoms with Gasteiger partial charge in [0.25, 0.3) is 5.91 Å². The highest BCUT2D eigenvalue weighted by atomic mass is 16.1. The van der Waals surface area contributed by atoms with E-state index < -0.39 is 5.91 Å². The minimum atomic E-state index is -0.457. The van der Waals surface area contributed by atoms with Crippen molar-refractivity contribution in [3.05, 3.63) is 28.8 Å². The van der Waals surface area contributed by atoms with Crippen molar-refractivity contribution in [3.8, 4) is 0 Å². The highest BCUT2D eigenvalue weighted by molar-refractivity contribution is 6.02. The monoisotopic (exact) mass is 206 g/mol. The second-order valence-electron chi connectivity index (χ2n) is 3.37. The molecule has 0 aromatic heterocycles. The van der Waals surface area contributed by atoms with E-state index in [1.165, 1.54) is 0 Å². The third kappa shape index (κ3) is 2.46. The molecule has 15 heavy (non-hydrogen) atoms. The highest BCUT2D eigenvalue weighted by Gasteiger charge is 2.08. The van der Waals surface area contributed by atoms with E-state index in [4.69, 9.17) is 17.2 Å². The number of carbonyl (C=O) groups excluding carboxylic acids is 1. The molecule has 0 radical (unpaired) electrons. The van der Waals surface area contributed by atoms with Crippen molar-refractivity contribution in [2.75, 3.05) is 5.73 Å². The summed E-state index contributed by atoms with van der Waals surface area (Å²) in [5, 5.41) is 0. The zero-order valence-electron chi connectivity index (χ0n) is 8.74. The summed E-state index contributed by atoms with van der Waals surface area (Å²) in [4.78, 5) is 14.9. The molecule has 1 aromatic carbocycles. The molecule has 0 heterocycles. The number of nitrogens with two attached hydrogens (primary N) is 3. The first-order chi connectivity index (χ1) is 6.91. The predicted octanol–water partition coefficient (Wildman–Crippen LogP) is 0.299. The van der Waals surface area contributed by atoms with E-state index in [-0.39, 0.29) is 5.96 Å². The first kappa shape index (κ1) is 11.0. The molecule has 1 amide bonds. The van der Waals surface area contributed by atoms with Gasteiger partial charge in [-0.15, -0.1) is 0 Å². The number of carbonyl (C=O) groups is 1. The summed E-state index contributed by atoms with van der Waals surface area (Å²) in [5.74, 6) is -0.701. The summed E-state index contributed by atoms with van der Waals surface area (Å²) >= 11 is 0. The summed E-state index contributed by atoms with van der Waals surface area (Å²) in [6, 6.07) is 3.33.